The van der Waals surface area contributed by atoms with E-state index in [1.165, 1.54) is 16.2 Å². The van der Waals surface area contributed by atoms with E-state index < -0.39 is 17.1 Å². The molecule has 0 radical (unpaired) electrons. The highest BCUT2D eigenvalue weighted by Crippen LogP contribution is 2.41. The van der Waals surface area contributed by atoms with Crippen LogP contribution < -0.4 is 5.32 Å². The molecule has 2 aromatic rings. The number of carboxylic acid groups (broad SMARTS) is 1. The molecule has 0 atom stereocenters. The second-order valence-corrected chi connectivity index (χ2v) is 10.9. The summed E-state index contributed by atoms with van der Waals surface area (Å²) in [5.74, 6) is -0.575. The van der Waals surface area contributed by atoms with Crippen molar-refractivity contribution in [2.75, 3.05) is 6.54 Å². The van der Waals surface area contributed by atoms with Crippen molar-refractivity contribution in [3.63, 3.8) is 0 Å². The smallest absolute Gasteiger partial charge is 0.407 e. The number of carbonyl (C=O) groups excluding carboxylic acids is 2. The summed E-state index contributed by atoms with van der Waals surface area (Å²) in [6.45, 7) is 6.45. The number of nitrogens with zero attached hydrogens (tertiary/aromatic N) is 2. The number of fused-ring (bicyclic) bond motifs is 2. The third-order valence-electron chi connectivity index (χ3n) is 6.01. The molecular weight excluding hydrogens is 442 g/mol. The number of carbonyl (C=O) groups is 3. The van der Waals surface area contributed by atoms with Crippen molar-refractivity contribution in [3.05, 3.63) is 51.0 Å². The molecule has 2 N–H and O–H groups in total. The minimum absolute atomic E-state index is 0.00667. The van der Waals surface area contributed by atoms with E-state index in [-0.39, 0.29) is 24.8 Å². The van der Waals surface area contributed by atoms with Crippen LogP contribution >= 0.6 is 11.3 Å². The minimum atomic E-state index is -0.936. The van der Waals surface area contributed by atoms with Crippen LogP contribution in [0.5, 0.6) is 0 Å². The number of hydrogen-bond donors (Lipinski definition) is 2. The molecule has 4 rings (SSSR count). The van der Waals surface area contributed by atoms with Gasteiger partial charge < -0.3 is 20.1 Å². The molecule has 2 heterocycles. The van der Waals surface area contributed by atoms with E-state index in [0.717, 1.165) is 26.7 Å². The maximum absolute atomic E-state index is 13.5. The third kappa shape index (κ3) is 5.19. The molecule has 1 aromatic heterocycles. The Morgan fingerprint density at radius 1 is 1.21 bits per heavy atom. The van der Waals surface area contributed by atoms with Crippen LogP contribution in [0.25, 0.3) is 0 Å². The van der Waals surface area contributed by atoms with E-state index in [2.05, 4.69) is 10.3 Å². The molecule has 0 bridgehead atoms. The van der Waals surface area contributed by atoms with Gasteiger partial charge in [-0.2, -0.15) is 0 Å². The summed E-state index contributed by atoms with van der Waals surface area (Å²) in [6.07, 6.45) is 0.608. The van der Waals surface area contributed by atoms with Gasteiger partial charge in [-0.1, -0.05) is 24.3 Å². The van der Waals surface area contributed by atoms with E-state index in [4.69, 9.17) is 4.74 Å². The van der Waals surface area contributed by atoms with Gasteiger partial charge in [0.05, 0.1) is 30.6 Å². The Bertz CT molecular complexity index is 1060. The van der Waals surface area contributed by atoms with Crippen LogP contribution in [-0.4, -0.2) is 45.1 Å². The summed E-state index contributed by atoms with van der Waals surface area (Å²) in [4.78, 5) is 44.3. The second kappa shape index (κ2) is 8.78. The van der Waals surface area contributed by atoms with Crippen molar-refractivity contribution in [1.82, 2.24) is 15.2 Å². The summed E-state index contributed by atoms with van der Waals surface area (Å²) in [5.41, 5.74) is 1.54. The molecule has 0 spiro atoms. The first-order chi connectivity index (χ1) is 15.5. The van der Waals surface area contributed by atoms with Crippen molar-refractivity contribution in [1.29, 1.82) is 0 Å². The number of esters is 1. The molecule has 0 fully saturated rings. The van der Waals surface area contributed by atoms with Crippen molar-refractivity contribution in [2.45, 2.75) is 65.1 Å². The fraction of sp³-hybridized carbons (Fsp3) is 0.500. The fourth-order valence-electron chi connectivity index (χ4n) is 4.54. The van der Waals surface area contributed by atoms with Gasteiger partial charge in [-0.3, -0.25) is 9.59 Å². The minimum Gasteiger partial charge on any atom is -0.465 e. The van der Waals surface area contributed by atoms with E-state index in [0.29, 0.717) is 32.4 Å². The summed E-state index contributed by atoms with van der Waals surface area (Å²) < 4.78 is 5.54. The normalized spacial score (nSPS) is 16.6. The Balaban J connectivity index is 1.48. The maximum Gasteiger partial charge on any atom is 0.407 e. The first-order valence-corrected chi connectivity index (χ1v) is 11.9. The monoisotopic (exact) mass is 471 g/mol. The second-order valence-electron chi connectivity index (χ2n) is 9.78. The summed E-state index contributed by atoms with van der Waals surface area (Å²) in [6, 6.07) is 7.90. The number of aromatic nitrogens is 1. The van der Waals surface area contributed by atoms with Crippen molar-refractivity contribution in [2.24, 2.45) is 5.41 Å². The topological polar surface area (TPSA) is 109 Å². The first-order valence-electron chi connectivity index (χ1n) is 11.1. The Morgan fingerprint density at radius 2 is 1.88 bits per heavy atom. The van der Waals surface area contributed by atoms with Gasteiger partial charge in [0.1, 0.15) is 10.6 Å². The average molecular weight is 472 g/mol. The largest absolute Gasteiger partial charge is 0.465 e. The standard InChI is InChI=1S/C24H29N3O5S/c1-23(2,3)32-20(28)12-24(10-15-6-4-5-7-16(15)11-24)21(29)25-13-19-26-17-8-9-27(22(30)31)14-18(17)33-19/h4-7H,8-14H2,1-3H3,(H,25,29)(H,30,31). The van der Waals surface area contributed by atoms with Crippen LogP contribution in [-0.2, 0) is 46.7 Å². The van der Waals surface area contributed by atoms with Crippen LogP contribution in [0.4, 0.5) is 4.79 Å². The van der Waals surface area contributed by atoms with Crippen LogP contribution in [0, 0.1) is 5.41 Å². The van der Waals surface area contributed by atoms with Crippen molar-refractivity contribution < 1.29 is 24.2 Å². The van der Waals surface area contributed by atoms with Crippen LogP contribution in [0.2, 0.25) is 0 Å². The number of rotatable bonds is 5. The number of ether oxygens (including phenoxy) is 1. The molecule has 2 aliphatic rings. The lowest BCUT2D eigenvalue weighted by atomic mass is 9.80. The highest BCUT2D eigenvalue weighted by molar-refractivity contribution is 7.11. The lowest BCUT2D eigenvalue weighted by molar-refractivity contribution is -0.160. The van der Waals surface area contributed by atoms with Gasteiger partial charge >= 0.3 is 12.1 Å². The van der Waals surface area contributed by atoms with E-state index in [9.17, 15) is 19.5 Å². The van der Waals surface area contributed by atoms with Crippen LogP contribution in [0.3, 0.4) is 0 Å². The molecule has 9 heteroatoms. The van der Waals surface area contributed by atoms with E-state index in [1.54, 1.807) is 0 Å². The van der Waals surface area contributed by atoms with E-state index >= 15 is 0 Å². The number of nitrogens with one attached hydrogen (secondary N) is 1. The molecule has 0 saturated heterocycles. The molecule has 8 nitrogen and oxygen atoms in total. The number of hydrogen-bond acceptors (Lipinski definition) is 6. The Morgan fingerprint density at radius 3 is 2.48 bits per heavy atom. The number of amides is 2. The van der Waals surface area contributed by atoms with Gasteiger partial charge in [0.15, 0.2) is 0 Å². The van der Waals surface area contributed by atoms with Gasteiger partial charge in [0, 0.05) is 17.8 Å². The average Bonchev–Trinajstić information content (AvgIpc) is 3.30. The van der Waals surface area contributed by atoms with E-state index in [1.807, 2.05) is 45.0 Å². The third-order valence-corrected chi connectivity index (χ3v) is 7.09. The SMILES string of the molecule is CC(C)(C)OC(=O)CC1(C(=O)NCc2nc3c(s2)CN(C(=O)O)CC3)Cc2ccccc2C1. The highest BCUT2D eigenvalue weighted by atomic mass is 32.1. The fourth-order valence-corrected chi connectivity index (χ4v) is 5.62. The predicted octanol–water partition coefficient (Wildman–Crippen LogP) is 3.31. The highest BCUT2D eigenvalue weighted by Gasteiger charge is 2.46. The zero-order valence-corrected chi connectivity index (χ0v) is 20.0. The lowest BCUT2D eigenvalue weighted by Gasteiger charge is -2.29. The van der Waals surface area contributed by atoms with Gasteiger partial charge in [0.25, 0.3) is 0 Å². The molecule has 33 heavy (non-hydrogen) atoms. The van der Waals surface area contributed by atoms with Gasteiger partial charge in [0.2, 0.25) is 5.91 Å². The Kier molecular flexibility index (Phi) is 6.18. The molecular formula is C24H29N3O5S. The molecule has 1 aliphatic carbocycles. The predicted molar refractivity (Wildman–Crippen MR) is 123 cm³/mol. The molecule has 1 aliphatic heterocycles. The zero-order chi connectivity index (χ0) is 23.8. The number of benzene rings is 1. The van der Waals surface area contributed by atoms with Gasteiger partial charge in [-0.25, -0.2) is 9.78 Å². The molecule has 0 saturated carbocycles. The molecule has 2 amide bonds. The first kappa shape index (κ1) is 23.2. The van der Waals surface area contributed by atoms with Crippen LogP contribution in [0.1, 0.15) is 53.9 Å². The van der Waals surface area contributed by atoms with Gasteiger partial charge in [-0.15, -0.1) is 11.3 Å². The quantitative estimate of drug-likeness (QED) is 0.648. The summed E-state index contributed by atoms with van der Waals surface area (Å²) >= 11 is 1.43. The Labute approximate surface area is 197 Å². The molecule has 176 valence electrons. The molecule has 0 unspecified atom stereocenters. The van der Waals surface area contributed by atoms with Gasteiger partial charge in [-0.05, 0) is 44.7 Å². The summed E-state index contributed by atoms with van der Waals surface area (Å²) in [5, 5.41) is 13.0. The summed E-state index contributed by atoms with van der Waals surface area (Å²) in [7, 11) is 0. The van der Waals surface area contributed by atoms with Crippen LogP contribution in [0.15, 0.2) is 24.3 Å². The number of thiazole rings is 1. The Hall–Kier alpha value is -2.94. The maximum atomic E-state index is 13.5. The van der Waals surface area contributed by atoms with Crippen molar-refractivity contribution in [3.8, 4) is 0 Å². The van der Waals surface area contributed by atoms with Crippen molar-refractivity contribution >= 4 is 29.3 Å². The zero-order valence-electron chi connectivity index (χ0n) is 19.1. The lowest BCUT2D eigenvalue weighted by Crippen LogP contribution is -2.44. The molecule has 1 aromatic carbocycles.